The number of amides is 1. The van der Waals surface area contributed by atoms with E-state index in [0.717, 1.165) is 0 Å². The van der Waals surface area contributed by atoms with E-state index >= 15 is 0 Å². The molecule has 0 spiro atoms. The van der Waals surface area contributed by atoms with E-state index in [-0.39, 0.29) is 29.2 Å². The van der Waals surface area contributed by atoms with Gasteiger partial charge in [-0.15, -0.1) is 0 Å². The molecule has 1 aliphatic rings. The van der Waals surface area contributed by atoms with Crippen molar-refractivity contribution >= 4 is 11.9 Å². The van der Waals surface area contributed by atoms with Crippen LogP contribution in [0.15, 0.2) is 0 Å². The van der Waals surface area contributed by atoms with Gasteiger partial charge in [0.25, 0.3) is 0 Å². The van der Waals surface area contributed by atoms with Crippen LogP contribution in [0.3, 0.4) is 0 Å². The minimum atomic E-state index is -0.862. The lowest BCUT2D eigenvalue weighted by molar-refractivity contribution is -0.143. The first-order valence-corrected chi connectivity index (χ1v) is 6.01. The Morgan fingerprint density at radius 1 is 1.24 bits per heavy atom. The second-order valence-electron chi connectivity index (χ2n) is 6.33. The number of carbonyl (C=O) groups is 2. The maximum Gasteiger partial charge on any atom is 0.308 e. The third-order valence-corrected chi connectivity index (χ3v) is 4.61. The highest BCUT2D eigenvalue weighted by molar-refractivity contribution is 5.84. The molecule has 1 atom stereocenters. The Morgan fingerprint density at radius 2 is 1.65 bits per heavy atom. The number of hydrogen-bond acceptors (Lipinski definition) is 2. The highest BCUT2D eigenvalue weighted by Gasteiger charge is 2.68. The first-order valence-electron chi connectivity index (χ1n) is 6.01. The molecule has 1 saturated carbocycles. The molecule has 98 valence electrons. The summed E-state index contributed by atoms with van der Waals surface area (Å²) >= 11 is 0. The molecule has 1 unspecified atom stereocenters. The van der Waals surface area contributed by atoms with Crippen molar-refractivity contribution in [2.45, 2.75) is 34.6 Å². The summed E-state index contributed by atoms with van der Waals surface area (Å²) in [6, 6.07) is 0. The number of aliphatic carboxylic acids is 1. The molecule has 0 radical (unpaired) electrons. The lowest BCUT2D eigenvalue weighted by Crippen LogP contribution is -2.35. The Morgan fingerprint density at radius 3 is 1.94 bits per heavy atom. The van der Waals surface area contributed by atoms with Crippen LogP contribution in [0, 0.1) is 22.7 Å². The Labute approximate surface area is 103 Å². The van der Waals surface area contributed by atoms with Crippen LogP contribution in [-0.4, -0.2) is 35.5 Å². The maximum absolute atomic E-state index is 12.2. The van der Waals surface area contributed by atoms with Gasteiger partial charge in [-0.2, -0.15) is 0 Å². The Balaban J connectivity index is 2.65. The quantitative estimate of drug-likeness (QED) is 0.817. The summed E-state index contributed by atoms with van der Waals surface area (Å²) in [7, 11) is 1.69. The molecular formula is C13H23NO3. The van der Waals surface area contributed by atoms with Crippen LogP contribution >= 0.6 is 0 Å². The molecule has 0 saturated heterocycles. The van der Waals surface area contributed by atoms with Crippen LogP contribution in [0.5, 0.6) is 0 Å². The average molecular weight is 241 g/mol. The van der Waals surface area contributed by atoms with E-state index < -0.39 is 11.9 Å². The number of rotatable bonds is 4. The van der Waals surface area contributed by atoms with Crippen LogP contribution in [-0.2, 0) is 9.59 Å². The third-order valence-electron chi connectivity index (χ3n) is 4.61. The van der Waals surface area contributed by atoms with Gasteiger partial charge in [0.1, 0.15) is 0 Å². The molecule has 0 heterocycles. The molecule has 0 aliphatic heterocycles. The van der Waals surface area contributed by atoms with Gasteiger partial charge in [-0.05, 0) is 10.8 Å². The van der Waals surface area contributed by atoms with Crippen LogP contribution in [0.25, 0.3) is 0 Å². The number of nitrogens with zero attached hydrogens (tertiary/aromatic N) is 1. The van der Waals surface area contributed by atoms with Gasteiger partial charge in [0.2, 0.25) is 5.91 Å². The number of carbonyl (C=O) groups excluding carboxylic acids is 1. The van der Waals surface area contributed by atoms with Crippen LogP contribution < -0.4 is 0 Å². The standard InChI is InChI=1S/C13H23NO3/c1-8(11(16)17)7-14(6)10(15)9-12(2,3)13(9,4)5/h8-9H,7H2,1-6H3,(H,16,17). The summed E-state index contributed by atoms with van der Waals surface area (Å²) in [5, 5.41) is 8.83. The Kier molecular flexibility index (Phi) is 3.29. The maximum atomic E-state index is 12.2. The van der Waals surface area contributed by atoms with Crippen LogP contribution in [0.2, 0.25) is 0 Å². The number of hydrogen-bond donors (Lipinski definition) is 1. The summed E-state index contributed by atoms with van der Waals surface area (Å²) in [6.07, 6.45) is 0. The summed E-state index contributed by atoms with van der Waals surface area (Å²) in [6.45, 7) is 10.2. The highest BCUT2D eigenvalue weighted by atomic mass is 16.4. The van der Waals surface area contributed by atoms with Crippen molar-refractivity contribution < 1.29 is 14.7 Å². The van der Waals surface area contributed by atoms with E-state index in [0.29, 0.717) is 0 Å². The molecule has 0 aromatic rings. The minimum Gasteiger partial charge on any atom is -0.481 e. The van der Waals surface area contributed by atoms with Crippen molar-refractivity contribution in [1.29, 1.82) is 0 Å². The number of carboxylic acids is 1. The largest absolute Gasteiger partial charge is 0.481 e. The van der Waals surface area contributed by atoms with Gasteiger partial charge in [-0.3, -0.25) is 9.59 Å². The van der Waals surface area contributed by atoms with E-state index in [1.807, 2.05) is 0 Å². The Bertz CT molecular complexity index is 333. The van der Waals surface area contributed by atoms with Gasteiger partial charge in [0.05, 0.1) is 5.92 Å². The van der Waals surface area contributed by atoms with Gasteiger partial charge < -0.3 is 10.0 Å². The van der Waals surface area contributed by atoms with Crippen molar-refractivity contribution in [3.63, 3.8) is 0 Å². The average Bonchev–Trinajstić information content (AvgIpc) is 2.56. The molecule has 4 nitrogen and oxygen atoms in total. The third kappa shape index (κ3) is 2.17. The molecule has 1 N–H and O–H groups in total. The molecule has 0 bridgehead atoms. The molecule has 17 heavy (non-hydrogen) atoms. The molecule has 0 aromatic heterocycles. The monoisotopic (exact) mass is 241 g/mol. The van der Waals surface area contributed by atoms with Crippen molar-refractivity contribution in [3.05, 3.63) is 0 Å². The predicted molar refractivity (Wildman–Crippen MR) is 65.5 cm³/mol. The summed E-state index contributed by atoms with van der Waals surface area (Å²) < 4.78 is 0. The molecule has 1 rings (SSSR count). The second kappa shape index (κ2) is 4.00. The fraction of sp³-hybridized carbons (Fsp3) is 0.846. The zero-order valence-corrected chi connectivity index (χ0v) is 11.6. The smallest absolute Gasteiger partial charge is 0.308 e. The number of carboxylic acid groups (broad SMARTS) is 1. The van der Waals surface area contributed by atoms with Gasteiger partial charge >= 0.3 is 5.97 Å². The molecule has 1 fully saturated rings. The van der Waals surface area contributed by atoms with Crippen molar-refractivity contribution in [1.82, 2.24) is 4.90 Å². The predicted octanol–water partition coefficient (Wildman–Crippen LogP) is 1.85. The fourth-order valence-corrected chi connectivity index (χ4v) is 2.61. The summed E-state index contributed by atoms with van der Waals surface area (Å²) in [5.74, 6) is -1.32. The van der Waals surface area contributed by atoms with Gasteiger partial charge in [-0.25, -0.2) is 0 Å². The molecule has 1 amide bonds. The van der Waals surface area contributed by atoms with E-state index in [1.54, 1.807) is 18.9 Å². The summed E-state index contributed by atoms with van der Waals surface area (Å²) in [5.41, 5.74) is 0.00953. The van der Waals surface area contributed by atoms with Crippen LogP contribution in [0.1, 0.15) is 34.6 Å². The lowest BCUT2D eigenvalue weighted by Gasteiger charge is -2.20. The molecule has 0 aromatic carbocycles. The first kappa shape index (κ1) is 14.0. The normalized spacial score (nSPS) is 22.9. The van der Waals surface area contributed by atoms with E-state index in [2.05, 4.69) is 27.7 Å². The van der Waals surface area contributed by atoms with Gasteiger partial charge in [0, 0.05) is 19.5 Å². The Hall–Kier alpha value is -1.06. The van der Waals surface area contributed by atoms with E-state index in [4.69, 9.17) is 5.11 Å². The van der Waals surface area contributed by atoms with Gasteiger partial charge in [-0.1, -0.05) is 34.6 Å². The minimum absolute atomic E-state index is 0.000921. The van der Waals surface area contributed by atoms with Gasteiger partial charge in [0.15, 0.2) is 0 Å². The van der Waals surface area contributed by atoms with E-state index in [9.17, 15) is 9.59 Å². The van der Waals surface area contributed by atoms with Crippen molar-refractivity contribution in [2.24, 2.45) is 22.7 Å². The fourth-order valence-electron chi connectivity index (χ4n) is 2.61. The topological polar surface area (TPSA) is 57.6 Å². The molecular weight excluding hydrogens is 218 g/mol. The summed E-state index contributed by atoms with van der Waals surface area (Å²) in [4.78, 5) is 24.5. The van der Waals surface area contributed by atoms with Crippen molar-refractivity contribution in [3.8, 4) is 0 Å². The molecule has 1 aliphatic carbocycles. The highest BCUT2D eigenvalue weighted by Crippen LogP contribution is 2.68. The zero-order valence-electron chi connectivity index (χ0n) is 11.6. The first-order chi connectivity index (χ1) is 7.53. The second-order valence-corrected chi connectivity index (χ2v) is 6.33. The lowest BCUT2D eigenvalue weighted by atomic mass is 10.0. The van der Waals surface area contributed by atoms with Crippen molar-refractivity contribution in [2.75, 3.05) is 13.6 Å². The molecule has 4 heteroatoms. The van der Waals surface area contributed by atoms with Crippen LogP contribution in [0.4, 0.5) is 0 Å². The SMILES string of the molecule is CC(CN(C)C(=O)C1C(C)(C)C1(C)C)C(=O)O. The van der Waals surface area contributed by atoms with E-state index in [1.165, 1.54) is 0 Å². The zero-order chi connectivity index (χ0) is 13.6.